The highest BCUT2D eigenvalue weighted by Crippen LogP contribution is 2.28. The molecular formula is C25H27N5O3. The van der Waals surface area contributed by atoms with Gasteiger partial charge in [-0.15, -0.1) is 0 Å². The number of anilines is 1. The molecule has 2 aromatic heterocycles. The summed E-state index contributed by atoms with van der Waals surface area (Å²) in [7, 11) is 3.43. The number of carbonyl (C=O) groups is 1. The van der Waals surface area contributed by atoms with Crippen molar-refractivity contribution in [1.29, 1.82) is 5.41 Å². The van der Waals surface area contributed by atoms with Crippen molar-refractivity contribution in [3.63, 3.8) is 0 Å². The number of nitrogens with zero attached hydrogens (tertiary/aromatic N) is 3. The van der Waals surface area contributed by atoms with Crippen LogP contribution in [0.3, 0.4) is 0 Å². The second-order valence-electron chi connectivity index (χ2n) is 8.10. The summed E-state index contributed by atoms with van der Waals surface area (Å²) in [6.07, 6.45) is 4.75. The van der Waals surface area contributed by atoms with Gasteiger partial charge in [0.1, 0.15) is 6.10 Å². The normalized spacial score (nSPS) is 14.0. The van der Waals surface area contributed by atoms with Crippen molar-refractivity contribution in [2.45, 2.75) is 18.9 Å². The van der Waals surface area contributed by atoms with E-state index in [2.05, 4.69) is 9.97 Å². The SMILES string of the molecule is CN(C)C(=O)c1cccc(-c2cc(C(=N)c3c(N)ccnc3OC3CCOCC3)ccn2)c1. The van der Waals surface area contributed by atoms with Gasteiger partial charge in [-0.1, -0.05) is 12.1 Å². The summed E-state index contributed by atoms with van der Waals surface area (Å²) in [5.41, 5.74) is 9.97. The largest absolute Gasteiger partial charge is 0.474 e. The molecule has 8 nitrogen and oxygen atoms in total. The number of pyridine rings is 2. The van der Waals surface area contributed by atoms with Crippen LogP contribution in [0.1, 0.15) is 34.3 Å². The van der Waals surface area contributed by atoms with E-state index in [1.54, 1.807) is 50.8 Å². The first kappa shape index (κ1) is 22.4. The number of rotatable bonds is 6. The number of benzene rings is 1. The van der Waals surface area contributed by atoms with Gasteiger partial charge in [-0.25, -0.2) is 4.98 Å². The number of nitrogens with two attached hydrogens (primary N) is 1. The van der Waals surface area contributed by atoms with E-state index in [9.17, 15) is 4.79 Å². The van der Waals surface area contributed by atoms with Crippen molar-refractivity contribution >= 4 is 17.3 Å². The summed E-state index contributed by atoms with van der Waals surface area (Å²) < 4.78 is 11.5. The zero-order valence-electron chi connectivity index (χ0n) is 18.7. The lowest BCUT2D eigenvalue weighted by molar-refractivity contribution is 0.0237. The van der Waals surface area contributed by atoms with Gasteiger partial charge < -0.3 is 20.1 Å². The Kier molecular flexibility index (Phi) is 6.65. The predicted molar refractivity (Wildman–Crippen MR) is 127 cm³/mol. The molecule has 4 rings (SSSR count). The minimum atomic E-state index is -0.0845. The maximum atomic E-state index is 12.4. The number of aromatic nitrogens is 2. The fourth-order valence-corrected chi connectivity index (χ4v) is 3.71. The number of hydrogen-bond acceptors (Lipinski definition) is 7. The van der Waals surface area contributed by atoms with E-state index in [1.165, 1.54) is 4.90 Å². The Bertz CT molecular complexity index is 1170. The van der Waals surface area contributed by atoms with Gasteiger partial charge in [0, 0.05) is 61.7 Å². The Morgan fingerprint density at radius 2 is 1.85 bits per heavy atom. The number of ether oxygens (including phenoxy) is 2. The molecule has 0 unspecified atom stereocenters. The van der Waals surface area contributed by atoms with Crippen LogP contribution in [0.25, 0.3) is 11.3 Å². The van der Waals surface area contributed by atoms with Crippen molar-refractivity contribution in [2.75, 3.05) is 33.0 Å². The molecule has 1 fully saturated rings. The molecule has 3 aromatic rings. The smallest absolute Gasteiger partial charge is 0.253 e. The highest BCUT2D eigenvalue weighted by molar-refractivity contribution is 6.15. The molecule has 0 atom stereocenters. The predicted octanol–water partition coefficient (Wildman–Crippen LogP) is 3.40. The fourth-order valence-electron chi connectivity index (χ4n) is 3.71. The lowest BCUT2D eigenvalue weighted by Gasteiger charge is -2.24. The summed E-state index contributed by atoms with van der Waals surface area (Å²) in [6.45, 7) is 1.28. The second kappa shape index (κ2) is 9.79. The summed E-state index contributed by atoms with van der Waals surface area (Å²) in [5.74, 6) is 0.266. The summed E-state index contributed by atoms with van der Waals surface area (Å²) in [5, 5.41) is 8.88. The van der Waals surface area contributed by atoms with Gasteiger partial charge in [0.05, 0.1) is 30.2 Å². The average molecular weight is 446 g/mol. The van der Waals surface area contributed by atoms with Crippen LogP contribution in [-0.4, -0.2) is 59.9 Å². The standard InChI is InChI=1S/C25H27N5O3/c1-30(2)25(31)18-5-3-4-16(14-18)21-15-17(6-10-28-21)23(27)22-20(26)7-11-29-24(22)33-19-8-12-32-13-9-19/h3-7,10-11,14-15,19,27H,8-9,12-13H2,1-2H3,(H2,26,29). The van der Waals surface area contributed by atoms with E-state index in [-0.39, 0.29) is 17.7 Å². The number of nitrogen functional groups attached to an aromatic ring is 1. The molecule has 1 aliphatic rings. The van der Waals surface area contributed by atoms with Gasteiger partial charge in [-0.05, 0) is 30.3 Å². The Morgan fingerprint density at radius 3 is 2.61 bits per heavy atom. The van der Waals surface area contributed by atoms with Crippen LogP contribution in [0.2, 0.25) is 0 Å². The molecule has 0 bridgehead atoms. The molecule has 0 spiro atoms. The van der Waals surface area contributed by atoms with E-state index >= 15 is 0 Å². The molecule has 0 aliphatic carbocycles. The molecular weight excluding hydrogens is 418 g/mol. The van der Waals surface area contributed by atoms with Crippen molar-refractivity contribution in [2.24, 2.45) is 0 Å². The highest BCUT2D eigenvalue weighted by Gasteiger charge is 2.22. The summed E-state index contributed by atoms with van der Waals surface area (Å²) in [4.78, 5) is 22.7. The lowest BCUT2D eigenvalue weighted by Crippen LogP contribution is -2.27. The van der Waals surface area contributed by atoms with Gasteiger partial charge in [-0.3, -0.25) is 15.2 Å². The van der Waals surface area contributed by atoms with E-state index in [4.69, 9.17) is 20.6 Å². The lowest BCUT2D eigenvalue weighted by atomic mass is 10.00. The third-order valence-corrected chi connectivity index (χ3v) is 5.51. The van der Waals surface area contributed by atoms with E-state index in [0.717, 1.165) is 18.4 Å². The summed E-state index contributed by atoms with van der Waals surface area (Å²) in [6, 6.07) is 12.5. The molecule has 3 N–H and O–H groups in total. The maximum absolute atomic E-state index is 12.4. The zero-order valence-corrected chi connectivity index (χ0v) is 18.7. The molecule has 1 aromatic carbocycles. The third-order valence-electron chi connectivity index (χ3n) is 5.51. The number of amides is 1. The zero-order chi connectivity index (χ0) is 23.4. The van der Waals surface area contributed by atoms with Crippen molar-refractivity contribution in [3.05, 3.63) is 71.5 Å². The van der Waals surface area contributed by atoms with Crippen LogP contribution in [0.4, 0.5) is 5.69 Å². The van der Waals surface area contributed by atoms with Crippen LogP contribution in [0.5, 0.6) is 5.88 Å². The molecule has 1 aliphatic heterocycles. The molecule has 1 saturated heterocycles. The minimum Gasteiger partial charge on any atom is -0.474 e. The quantitative estimate of drug-likeness (QED) is 0.562. The third kappa shape index (κ3) is 5.01. The van der Waals surface area contributed by atoms with E-state index < -0.39 is 0 Å². The Labute approximate surface area is 192 Å². The van der Waals surface area contributed by atoms with E-state index in [0.29, 0.717) is 47.2 Å². The van der Waals surface area contributed by atoms with Crippen LogP contribution < -0.4 is 10.5 Å². The van der Waals surface area contributed by atoms with Crippen LogP contribution >= 0.6 is 0 Å². The average Bonchev–Trinajstić information content (AvgIpc) is 2.84. The van der Waals surface area contributed by atoms with Crippen molar-refractivity contribution in [3.8, 4) is 17.1 Å². The number of nitrogens with one attached hydrogen (secondary N) is 1. The van der Waals surface area contributed by atoms with Crippen LogP contribution in [0, 0.1) is 5.41 Å². The minimum absolute atomic E-state index is 0.0235. The topological polar surface area (TPSA) is 114 Å². The van der Waals surface area contributed by atoms with Gasteiger partial charge in [0.25, 0.3) is 5.91 Å². The van der Waals surface area contributed by atoms with Gasteiger partial charge >= 0.3 is 0 Å². The van der Waals surface area contributed by atoms with Gasteiger partial charge in [0.2, 0.25) is 5.88 Å². The molecule has 170 valence electrons. The summed E-state index contributed by atoms with van der Waals surface area (Å²) >= 11 is 0. The van der Waals surface area contributed by atoms with Gasteiger partial charge in [-0.2, -0.15) is 0 Å². The number of hydrogen-bond donors (Lipinski definition) is 2. The Balaban J connectivity index is 1.65. The molecule has 33 heavy (non-hydrogen) atoms. The molecule has 1 amide bonds. The van der Waals surface area contributed by atoms with Crippen LogP contribution in [0.15, 0.2) is 54.9 Å². The fraction of sp³-hybridized carbons (Fsp3) is 0.280. The molecule has 0 radical (unpaired) electrons. The van der Waals surface area contributed by atoms with Crippen molar-refractivity contribution < 1.29 is 14.3 Å². The first-order chi connectivity index (χ1) is 15.9. The van der Waals surface area contributed by atoms with Gasteiger partial charge in [0.15, 0.2) is 0 Å². The Morgan fingerprint density at radius 1 is 1.09 bits per heavy atom. The molecule has 3 heterocycles. The van der Waals surface area contributed by atoms with E-state index in [1.807, 2.05) is 18.2 Å². The first-order valence-corrected chi connectivity index (χ1v) is 10.8. The monoisotopic (exact) mass is 445 g/mol. The van der Waals surface area contributed by atoms with Crippen LogP contribution in [-0.2, 0) is 4.74 Å². The second-order valence-corrected chi connectivity index (χ2v) is 8.10. The highest BCUT2D eigenvalue weighted by atomic mass is 16.5. The molecule has 0 saturated carbocycles. The number of carbonyl (C=O) groups excluding carboxylic acids is 1. The first-order valence-electron chi connectivity index (χ1n) is 10.8. The molecule has 8 heteroatoms. The maximum Gasteiger partial charge on any atom is 0.253 e. The van der Waals surface area contributed by atoms with Crippen molar-refractivity contribution in [1.82, 2.24) is 14.9 Å². The Hall–Kier alpha value is -3.78.